The Bertz CT molecular complexity index is 871. The van der Waals surface area contributed by atoms with Gasteiger partial charge in [-0.1, -0.05) is 30.3 Å². The lowest BCUT2D eigenvalue weighted by Crippen LogP contribution is -2.20. The number of nitrogens with two attached hydrogens (primary N) is 1. The maximum Gasteiger partial charge on any atom is 0.159 e. The average Bonchev–Trinajstić information content (AvgIpc) is 2.59. The van der Waals surface area contributed by atoms with Gasteiger partial charge in [-0.3, -0.25) is 0 Å². The second-order valence-corrected chi connectivity index (χ2v) is 5.55. The number of aromatic nitrogens is 2. The highest BCUT2D eigenvalue weighted by molar-refractivity contribution is 5.78. The van der Waals surface area contributed by atoms with Crippen LogP contribution in [-0.4, -0.2) is 17.0 Å². The van der Waals surface area contributed by atoms with E-state index in [4.69, 9.17) is 5.73 Å². The van der Waals surface area contributed by atoms with Gasteiger partial charge in [0.2, 0.25) is 0 Å². The Morgan fingerprint density at radius 3 is 2.56 bits per heavy atom. The predicted octanol–water partition coefficient (Wildman–Crippen LogP) is 3.72. The molecule has 0 saturated carbocycles. The number of nitrogens with zero attached hydrogens (tertiary/aromatic N) is 3. The van der Waals surface area contributed by atoms with E-state index >= 15 is 0 Å². The highest BCUT2D eigenvalue weighted by atomic mass is 19.1. The van der Waals surface area contributed by atoms with Gasteiger partial charge in [-0.25, -0.2) is 18.7 Å². The van der Waals surface area contributed by atoms with Gasteiger partial charge < -0.3 is 16.0 Å². The largest absolute Gasteiger partial charge is 0.393 e. The summed E-state index contributed by atoms with van der Waals surface area (Å²) in [5.74, 6) is -0.599. The monoisotopic (exact) mass is 341 g/mol. The summed E-state index contributed by atoms with van der Waals surface area (Å²) in [4.78, 5) is 10.1. The molecule has 0 aliphatic carbocycles. The smallest absolute Gasteiger partial charge is 0.159 e. The van der Waals surface area contributed by atoms with Crippen LogP contribution in [-0.2, 0) is 6.54 Å². The summed E-state index contributed by atoms with van der Waals surface area (Å²) in [6.45, 7) is 0.604. The van der Waals surface area contributed by atoms with E-state index in [0.29, 0.717) is 12.4 Å². The van der Waals surface area contributed by atoms with Crippen LogP contribution in [0.15, 0.2) is 54.9 Å². The van der Waals surface area contributed by atoms with Crippen molar-refractivity contribution in [1.29, 1.82) is 0 Å². The maximum absolute atomic E-state index is 13.8. The topological polar surface area (TPSA) is 67.1 Å². The number of hydrogen-bond donors (Lipinski definition) is 2. The van der Waals surface area contributed by atoms with Gasteiger partial charge in [0.15, 0.2) is 11.6 Å². The lowest BCUT2D eigenvalue weighted by Gasteiger charge is -2.21. The Morgan fingerprint density at radius 1 is 1.08 bits per heavy atom. The lowest BCUT2D eigenvalue weighted by atomic mass is 10.2. The molecule has 0 aliphatic heterocycles. The van der Waals surface area contributed by atoms with Crippen molar-refractivity contribution < 1.29 is 8.78 Å². The fraction of sp³-hybridized carbons (Fsp3) is 0.111. The van der Waals surface area contributed by atoms with Crippen molar-refractivity contribution in [3.63, 3.8) is 0 Å². The Hall–Kier alpha value is -3.22. The van der Waals surface area contributed by atoms with Gasteiger partial charge in [-0.2, -0.15) is 0 Å². The maximum atomic E-state index is 13.8. The van der Waals surface area contributed by atoms with Crippen LogP contribution in [0.5, 0.6) is 0 Å². The van der Waals surface area contributed by atoms with Gasteiger partial charge in [-0.15, -0.1) is 0 Å². The molecule has 0 bridgehead atoms. The van der Waals surface area contributed by atoms with Crippen molar-refractivity contribution in [1.82, 2.24) is 9.97 Å². The minimum atomic E-state index is -0.725. The first kappa shape index (κ1) is 16.6. The highest BCUT2D eigenvalue weighted by Crippen LogP contribution is 2.29. The first-order chi connectivity index (χ1) is 12.0. The van der Waals surface area contributed by atoms with Crippen LogP contribution in [0.25, 0.3) is 0 Å². The van der Waals surface area contributed by atoms with E-state index in [1.165, 1.54) is 12.4 Å². The molecule has 0 radical (unpaired) electrons. The number of anilines is 4. The van der Waals surface area contributed by atoms with E-state index in [2.05, 4.69) is 15.3 Å². The van der Waals surface area contributed by atoms with Gasteiger partial charge in [-0.05, 0) is 17.7 Å². The number of halogens is 2. The molecule has 0 amide bonds. The molecule has 0 spiro atoms. The number of rotatable bonds is 5. The van der Waals surface area contributed by atoms with Crippen molar-refractivity contribution in [2.75, 3.05) is 23.0 Å². The van der Waals surface area contributed by atoms with Crippen molar-refractivity contribution >= 4 is 23.0 Å². The lowest BCUT2D eigenvalue weighted by molar-refractivity contribution is 0.586. The van der Waals surface area contributed by atoms with E-state index in [0.717, 1.165) is 17.7 Å². The zero-order valence-corrected chi connectivity index (χ0v) is 13.6. The Labute approximate surface area is 144 Å². The molecule has 7 heteroatoms. The third kappa shape index (κ3) is 3.82. The third-order valence-electron chi connectivity index (χ3n) is 3.67. The summed E-state index contributed by atoms with van der Waals surface area (Å²) >= 11 is 0. The normalized spacial score (nSPS) is 10.5. The predicted molar refractivity (Wildman–Crippen MR) is 94.6 cm³/mol. The molecule has 0 unspecified atom stereocenters. The Balaban J connectivity index is 1.84. The van der Waals surface area contributed by atoms with Crippen LogP contribution in [0.4, 0.5) is 31.8 Å². The molecule has 5 nitrogen and oxygen atoms in total. The number of hydrogen-bond acceptors (Lipinski definition) is 5. The second-order valence-electron chi connectivity index (χ2n) is 5.55. The van der Waals surface area contributed by atoms with Gasteiger partial charge >= 0.3 is 0 Å². The third-order valence-corrected chi connectivity index (χ3v) is 3.67. The fourth-order valence-electron chi connectivity index (χ4n) is 2.44. The van der Waals surface area contributed by atoms with Gasteiger partial charge in [0.1, 0.15) is 23.6 Å². The van der Waals surface area contributed by atoms with Gasteiger partial charge in [0.25, 0.3) is 0 Å². The number of benzene rings is 2. The molecule has 3 aromatic rings. The van der Waals surface area contributed by atoms with Crippen LogP contribution in [0.1, 0.15) is 5.56 Å². The highest BCUT2D eigenvalue weighted by Gasteiger charge is 2.14. The van der Waals surface area contributed by atoms with Crippen molar-refractivity contribution in [2.24, 2.45) is 0 Å². The van der Waals surface area contributed by atoms with Crippen LogP contribution < -0.4 is 16.0 Å². The first-order valence-corrected chi connectivity index (χ1v) is 7.62. The molecule has 25 heavy (non-hydrogen) atoms. The second kappa shape index (κ2) is 7.12. The van der Waals surface area contributed by atoms with Crippen molar-refractivity contribution in [2.45, 2.75) is 6.54 Å². The Morgan fingerprint density at radius 2 is 1.84 bits per heavy atom. The molecule has 0 atom stereocenters. The summed E-state index contributed by atoms with van der Waals surface area (Å²) in [6.07, 6.45) is 1.34. The van der Waals surface area contributed by atoms with Gasteiger partial charge in [0, 0.05) is 19.7 Å². The fourth-order valence-corrected chi connectivity index (χ4v) is 2.44. The SMILES string of the molecule is CN(Cc1ccccc1)c1ncnc(Nc2ccc(F)cc2F)c1N. The summed E-state index contributed by atoms with van der Waals surface area (Å²) in [5.41, 5.74) is 7.61. The minimum Gasteiger partial charge on any atom is -0.393 e. The van der Waals surface area contributed by atoms with Gasteiger partial charge in [0.05, 0.1) is 5.69 Å². The van der Waals surface area contributed by atoms with Crippen LogP contribution >= 0.6 is 0 Å². The Kier molecular flexibility index (Phi) is 4.74. The molecule has 3 rings (SSSR count). The molecular weight excluding hydrogens is 324 g/mol. The van der Waals surface area contributed by atoms with E-state index in [9.17, 15) is 8.78 Å². The molecule has 3 N–H and O–H groups in total. The van der Waals surface area contributed by atoms with E-state index < -0.39 is 11.6 Å². The molecule has 128 valence electrons. The van der Waals surface area contributed by atoms with Crippen LogP contribution in [0.2, 0.25) is 0 Å². The molecule has 0 saturated heterocycles. The van der Waals surface area contributed by atoms with E-state index in [1.807, 2.05) is 42.3 Å². The summed E-state index contributed by atoms with van der Waals surface area (Å²) in [5, 5.41) is 2.78. The zero-order valence-electron chi connectivity index (χ0n) is 13.6. The molecular formula is C18H17F2N5. The van der Waals surface area contributed by atoms with Crippen LogP contribution in [0.3, 0.4) is 0 Å². The summed E-state index contributed by atoms with van der Waals surface area (Å²) in [6, 6.07) is 13.1. The zero-order chi connectivity index (χ0) is 17.8. The number of nitrogen functional groups attached to an aromatic ring is 1. The molecule has 0 aliphatic rings. The standard InChI is InChI=1S/C18H17F2N5/c1-25(10-12-5-3-2-4-6-12)18-16(21)17(22-11-23-18)24-15-8-7-13(19)9-14(15)20/h2-9,11H,10,21H2,1H3,(H,22,23,24). The molecule has 2 aromatic carbocycles. The average molecular weight is 341 g/mol. The van der Waals surface area contributed by atoms with Crippen molar-refractivity contribution in [3.05, 3.63) is 72.1 Å². The van der Waals surface area contributed by atoms with E-state index in [1.54, 1.807) is 0 Å². The molecule has 0 fully saturated rings. The van der Waals surface area contributed by atoms with Crippen molar-refractivity contribution in [3.8, 4) is 0 Å². The van der Waals surface area contributed by atoms with Crippen LogP contribution in [0, 0.1) is 11.6 Å². The molecule has 1 aromatic heterocycles. The minimum absolute atomic E-state index is 0.0865. The summed E-state index contributed by atoms with van der Waals surface area (Å²) < 4.78 is 26.8. The first-order valence-electron chi connectivity index (χ1n) is 7.62. The summed E-state index contributed by atoms with van der Waals surface area (Å²) in [7, 11) is 1.86. The molecule has 1 heterocycles. The van der Waals surface area contributed by atoms with E-state index in [-0.39, 0.29) is 17.2 Å². The quantitative estimate of drug-likeness (QED) is 0.740. The number of nitrogens with one attached hydrogen (secondary N) is 1.